The number of benzene rings is 3. The number of nitrogens with zero attached hydrogens (tertiary/aromatic N) is 1. The van der Waals surface area contributed by atoms with Crippen molar-refractivity contribution >= 4 is 22.7 Å². The third-order valence-electron chi connectivity index (χ3n) is 8.06. The van der Waals surface area contributed by atoms with Gasteiger partial charge in [0.25, 0.3) is 0 Å². The molecule has 1 atom stereocenters. The number of ether oxygens (including phenoxy) is 3. The Hall–Kier alpha value is -4.46. The fourth-order valence-electron chi connectivity index (χ4n) is 5.94. The largest absolute Gasteiger partial charge is 0.497 e. The minimum absolute atomic E-state index is 0.0627. The molecule has 1 fully saturated rings. The molecular formula is C34H39N3O5. The fourth-order valence-corrected chi connectivity index (χ4v) is 5.94. The maximum absolute atomic E-state index is 14.4. The first-order chi connectivity index (χ1) is 20.5. The van der Waals surface area contributed by atoms with E-state index in [0.29, 0.717) is 22.8 Å². The van der Waals surface area contributed by atoms with Crippen molar-refractivity contribution in [3.63, 3.8) is 0 Å². The predicted octanol–water partition coefficient (Wildman–Crippen LogP) is 5.96. The lowest BCUT2D eigenvalue weighted by molar-refractivity contribution is -0.141. The smallest absolute Gasteiger partial charge is 0.247 e. The zero-order chi connectivity index (χ0) is 29.5. The van der Waals surface area contributed by atoms with Crippen LogP contribution in [-0.4, -0.2) is 49.1 Å². The molecule has 0 saturated heterocycles. The van der Waals surface area contributed by atoms with E-state index in [9.17, 15) is 9.59 Å². The number of hydrogen-bond donors (Lipinski definition) is 2. The second-order valence-corrected chi connectivity index (χ2v) is 10.7. The minimum atomic E-state index is -0.958. The number of hydrogen-bond acceptors (Lipinski definition) is 5. The molecule has 0 aliphatic heterocycles. The molecule has 2 amide bonds. The molecule has 3 aromatic carbocycles. The van der Waals surface area contributed by atoms with E-state index in [0.717, 1.165) is 47.7 Å². The van der Waals surface area contributed by atoms with E-state index in [1.165, 1.54) is 6.42 Å². The number of carbonyl (C=O) groups is 2. The van der Waals surface area contributed by atoms with Gasteiger partial charge in [0, 0.05) is 35.2 Å². The molecule has 1 aliphatic rings. The SMILES string of the molecule is COc1cccc(CN(C(=O)Cc2c[nH]c3ccccc23)[C@H](C(=O)NC2CCCCC2)c2cccc(OC)c2OC)c1. The van der Waals surface area contributed by atoms with E-state index < -0.39 is 6.04 Å². The van der Waals surface area contributed by atoms with Gasteiger partial charge in [-0.05, 0) is 48.2 Å². The molecule has 2 N–H and O–H groups in total. The second-order valence-electron chi connectivity index (χ2n) is 10.7. The van der Waals surface area contributed by atoms with E-state index in [2.05, 4.69) is 10.3 Å². The number of nitrogens with one attached hydrogen (secondary N) is 2. The van der Waals surface area contributed by atoms with Crippen LogP contribution in [0.4, 0.5) is 0 Å². The summed E-state index contributed by atoms with van der Waals surface area (Å²) >= 11 is 0. The number of methoxy groups -OCH3 is 3. The Morgan fingerprint density at radius 1 is 0.929 bits per heavy atom. The highest BCUT2D eigenvalue weighted by atomic mass is 16.5. The maximum atomic E-state index is 14.4. The van der Waals surface area contributed by atoms with E-state index in [1.54, 1.807) is 32.3 Å². The van der Waals surface area contributed by atoms with Crippen LogP contribution in [0.2, 0.25) is 0 Å². The van der Waals surface area contributed by atoms with Crippen molar-refractivity contribution in [3.8, 4) is 17.2 Å². The molecule has 0 spiro atoms. The van der Waals surface area contributed by atoms with Crippen molar-refractivity contribution in [2.75, 3.05) is 21.3 Å². The highest BCUT2D eigenvalue weighted by Crippen LogP contribution is 2.38. The first kappa shape index (κ1) is 29.0. The van der Waals surface area contributed by atoms with Crippen LogP contribution in [0.1, 0.15) is 54.8 Å². The fraction of sp³-hybridized carbons (Fsp3) is 0.353. The number of aromatic nitrogens is 1. The van der Waals surface area contributed by atoms with Gasteiger partial charge in [-0.15, -0.1) is 0 Å². The Labute approximate surface area is 247 Å². The third kappa shape index (κ3) is 6.38. The summed E-state index contributed by atoms with van der Waals surface area (Å²) in [7, 11) is 4.73. The van der Waals surface area contributed by atoms with Crippen molar-refractivity contribution in [1.82, 2.24) is 15.2 Å². The molecule has 4 aromatic rings. The number of para-hydroxylation sites is 2. The number of carbonyl (C=O) groups excluding carboxylic acids is 2. The zero-order valence-electron chi connectivity index (χ0n) is 24.5. The molecule has 5 rings (SSSR count). The standard InChI is InChI=1S/C34H39N3O5/c1-40-26-14-9-11-23(19-26)22-37(31(38)20-24-21-35-29-17-8-7-15-27(24)29)32(34(39)36-25-12-5-4-6-13-25)28-16-10-18-30(41-2)33(28)42-3/h7-11,14-19,21,25,32,35H,4-6,12-13,20,22H2,1-3H3,(H,36,39)/t32-/m0/s1. The van der Waals surface area contributed by atoms with Gasteiger partial charge in [-0.3, -0.25) is 9.59 Å². The number of rotatable bonds is 11. The first-order valence-electron chi connectivity index (χ1n) is 14.5. The summed E-state index contributed by atoms with van der Waals surface area (Å²) in [5, 5.41) is 4.26. The molecule has 1 saturated carbocycles. The first-order valence-corrected chi connectivity index (χ1v) is 14.5. The summed E-state index contributed by atoms with van der Waals surface area (Å²) < 4.78 is 16.9. The van der Waals surface area contributed by atoms with E-state index >= 15 is 0 Å². The Morgan fingerprint density at radius 2 is 1.71 bits per heavy atom. The van der Waals surface area contributed by atoms with Crippen LogP contribution in [0.25, 0.3) is 10.9 Å². The summed E-state index contributed by atoms with van der Waals surface area (Å²) in [6, 6.07) is 20.0. The topological polar surface area (TPSA) is 92.9 Å². The number of fused-ring (bicyclic) bond motifs is 1. The molecule has 0 unspecified atom stereocenters. The number of H-pyrrole nitrogens is 1. The average Bonchev–Trinajstić information content (AvgIpc) is 3.43. The van der Waals surface area contributed by atoms with Crippen LogP contribution in [-0.2, 0) is 22.6 Å². The molecule has 1 heterocycles. The van der Waals surface area contributed by atoms with Gasteiger partial charge in [0.05, 0.1) is 27.8 Å². The molecule has 0 bridgehead atoms. The Morgan fingerprint density at radius 3 is 2.48 bits per heavy atom. The summed E-state index contributed by atoms with van der Waals surface area (Å²) in [4.78, 5) is 33.7. The van der Waals surface area contributed by atoms with Gasteiger partial charge in [-0.2, -0.15) is 0 Å². The number of amides is 2. The van der Waals surface area contributed by atoms with Crippen LogP contribution < -0.4 is 19.5 Å². The van der Waals surface area contributed by atoms with Crippen LogP contribution in [0, 0.1) is 0 Å². The monoisotopic (exact) mass is 569 g/mol. The molecule has 0 radical (unpaired) electrons. The third-order valence-corrected chi connectivity index (χ3v) is 8.06. The van der Waals surface area contributed by atoms with Gasteiger partial charge < -0.3 is 29.4 Å². The van der Waals surface area contributed by atoms with Crippen molar-refractivity contribution in [3.05, 3.63) is 89.6 Å². The predicted molar refractivity (Wildman–Crippen MR) is 163 cm³/mol. The Kier molecular flexibility index (Phi) is 9.31. The molecule has 8 heteroatoms. The average molecular weight is 570 g/mol. The molecule has 1 aromatic heterocycles. The van der Waals surface area contributed by atoms with Crippen LogP contribution in [0.15, 0.2) is 72.9 Å². The van der Waals surface area contributed by atoms with Gasteiger partial charge in [0.15, 0.2) is 11.5 Å². The van der Waals surface area contributed by atoms with Gasteiger partial charge >= 0.3 is 0 Å². The van der Waals surface area contributed by atoms with Crippen molar-refractivity contribution < 1.29 is 23.8 Å². The van der Waals surface area contributed by atoms with Gasteiger partial charge in [-0.25, -0.2) is 0 Å². The Balaban J connectivity index is 1.60. The lowest BCUT2D eigenvalue weighted by atomic mass is 9.94. The van der Waals surface area contributed by atoms with E-state index in [4.69, 9.17) is 14.2 Å². The van der Waals surface area contributed by atoms with E-state index in [-0.39, 0.29) is 30.8 Å². The summed E-state index contributed by atoms with van der Waals surface area (Å²) in [5.41, 5.74) is 3.25. The van der Waals surface area contributed by atoms with Gasteiger partial charge in [0.1, 0.15) is 11.8 Å². The number of aromatic amines is 1. The molecule has 8 nitrogen and oxygen atoms in total. The van der Waals surface area contributed by atoms with Crippen molar-refractivity contribution in [1.29, 1.82) is 0 Å². The molecule has 1 aliphatic carbocycles. The lowest BCUT2D eigenvalue weighted by Crippen LogP contribution is -2.47. The lowest BCUT2D eigenvalue weighted by Gasteiger charge is -2.34. The van der Waals surface area contributed by atoms with Crippen LogP contribution in [0.3, 0.4) is 0 Å². The van der Waals surface area contributed by atoms with Crippen molar-refractivity contribution in [2.24, 2.45) is 0 Å². The highest BCUT2D eigenvalue weighted by molar-refractivity contribution is 5.93. The maximum Gasteiger partial charge on any atom is 0.247 e. The van der Waals surface area contributed by atoms with Crippen LogP contribution >= 0.6 is 0 Å². The Bertz CT molecular complexity index is 1520. The van der Waals surface area contributed by atoms with Crippen molar-refractivity contribution in [2.45, 2.75) is 57.2 Å². The zero-order valence-corrected chi connectivity index (χ0v) is 24.5. The van der Waals surface area contributed by atoms with E-state index in [1.807, 2.05) is 66.9 Å². The molecule has 220 valence electrons. The molecule has 42 heavy (non-hydrogen) atoms. The van der Waals surface area contributed by atoms with Gasteiger partial charge in [-0.1, -0.05) is 61.7 Å². The summed E-state index contributed by atoms with van der Waals surface area (Å²) in [6.45, 7) is 0.196. The minimum Gasteiger partial charge on any atom is -0.497 e. The molecular weight excluding hydrogens is 530 g/mol. The highest BCUT2D eigenvalue weighted by Gasteiger charge is 2.36. The van der Waals surface area contributed by atoms with Gasteiger partial charge in [0.2, 0.25) is 11.8 Å². The summed E-state index contributed by atoms with van der Waals surface area (Å²) in [6.07, 6.45) is 7.16. The quantitative estimate of drug-likeness (QED) is 0.233. The summed E-state index contributed by atoms with van der Waals surface area (Å²) in [5.74, 6) is 1.19. The second kappa shape index (κ2) is 13.5. The van der Waals surface area contributed by atoms with Crippen LogP contribution in [0.5, 0.6) is 17.2 Å². The normalized spacial score (nSPS) is 14.3.